The second-order valence-corrected chi connectivity index (χ2v) is 7.91. The first-order chi connectivity index (χ1) is 14.7. The van der Waals surface area contributed by atoms with Crippen molar-refractivity contribution in [3.63, 3.8) is 0 Å². The van der Waals surface area contributed by atoms with Crippen LogP contribution in [0.15, 0.2) is 44.7 Å². The van der Waals surface area contributed by atoms with Gasteiger partial charge in [0, 0.05) is 22.9 Å². The lowest BCUT2D eigenvalue weighted by atomic mass is 10.2. The van der Waals surface area contributed by atoms with Crippen molar-refractivity contribution in [3.05, 3.63) is 56.5 Å². The number of aromatic nitrogens is 2. The van der Waals surface area contributed by atoms with Crippen LogP contribution < -0.4 is 19.8 Å². The summed E-state index contributed by atoms with van der Waals surface area (Å²) in [7, 11) is 2.91. The molecule has 0 aliphatic heterocycles. The van der Waals surface area contributed by atoms with Gasteiger partial charge in [0.15, 0.2) is 11.5 Å². The third kappa shape index (κ3) is 4.77. The Hall–Kier alpha value is -3.20. The van der Waals surface area contributed by atoms with Gasteiger partial charge in [0.05, 0.1) is 31.3 Å². The Kier molecular flexibility index (Phi) is 6.74. The van der Waals surface area contributed by atoms with Crippen molar-refractivity contribution in [2.24, 2.45) is 5.10 Å². The summed E-state index contributed by atoms with van der Waals surface area (Å²) in [6.45, 7) is 5.18. The number of carbonyl (C=O) groups excluding carboxylic acids is 1. The Morgan fingerprint density at radius 3 is 2.35 bits per heavy atom. The number of hydrogen-bond acceptors (Lipinski definition) is 7. The normalized spacial score (nSPS) is 11.3. The fourth-order valence-corrected chi connectivity index (χ4v) is 3.36. The van der Waals surface area contributed by atoms with Gasteiger partial charge in [-0.1, -0.05) is 29.8 Å². The third-order valence-electron chi connectivity index (χ3n) is 4.40. The maximum Gasteiger partial charge on any atom is 0.308 e. The van der Waals surface area contributed by atoms with E-state index in [9.17, 15) is 9.59 Å². The van der Waals surface area contributed by atoms with Gasteiger partial charge in [-0.25, -0.2) is 4.98 Å². The van der Waals surface area contributed by atoms with Crippen LogP contribution in [0, 0.1) is 0 Å². The molecule has 0 radical (unpaired) electrons. The Balaban J connectivity index is 2.15. The quantitative estimate of drug-likeness (QED) is 0.295. The van der Waals surface area contributed by atoms with E-state index >= 15 is 0 Å². The Labute approximate surface area is 187 Å². The molecule has 0 N–H and O–H groups in total. The van der Waals surface area contributed by atoms with Crippen molar-refractivity contribution in [2.45, 2.75) is 26.7 Å². The zero-order chi connectivity index (χ0) is 22.7. The van der Waals surface area contributed by atoms with Crippen molar-refractivity contribution in [2.75, 3.05) is 14.2 Å². The summed E-state index contributed by atoms with van der Waals surface area (Å²) in [5.41, 5.74) is 0.916. The highest BCUT2D eigenvalue weighted by Crippen LogP contribution is 2.38. The highest BCUT2D eigenvalue weighted by molar-refractivity contribution is 9.10. The molecule has 0 aliphatic rings. The highest BCUT2D eigenvalue weighted by atomic mass is 79.9. The van der Waals surface area contributed by atoms with Crippen molar-refractivity contribution >= 4 is 39.0 Å². The molecule has 0 aliphatic carbocycles. The zero-order valence-electron chi connectivity index (χ0n) is 17.8. The molecule has 3 rings (SSSR count). The first-order valence-corrected chi connectivity index (χ1v) is 10.3. The van der Waals surface area contributed by atoms with Crippen LogP contribution in [-0.2, 0) is 4.79 Å². The van der Waals surface area contributed by atoms with E-state index in [1.54, 1.807) is 24.3 Å². The fraction of sp³-hybridized carbons (Fsp3) is 0.273. The van der Waals surface area contributed by atoms with Crippen molar-refractivity contribution in [3.8, 4) is 17.2 Å². The van der Waals surface area contributed by atoms with Gasteiger partial charge < -0.3 is 14.2 Å². The number of halogens is 1. The minimum absolute atomic E-state index is 0.0340. The first-order valence-electron chi connectivity index (χ1n) is 9.46. The molecule has 0 atom stereocenters. The van der Waals surface area contributed by atoms with E-state index in [0.29, 0.717) is 33.8 Å². The lowest BCUT2D eigenvalue weighted by Gasteiger charge is -2.14. The van der Waals surface area contributed by atoms with Gasteiger partial charge in [0.25, 0.3) is 5.56 Å². The van der Waals surface area contributed by atoms with Gasteiger partial charge >= 0.3 is 5.97 Å². The van der Waals surface area contributed by atoms with E-state index in [0.717, 1.165) is 4.47 Å². The van der Waals surface area contributed by atoms with Crippen molar-refractivity contribution < 1.29 is 19.0 Å². The molecule has 0 saturated heterocycles. The van der Waals surface area contributed by atoms with E-state index in [2.05, 4.69) is 26.0 Å². The molecule has 0 unspecified atom stereocenters. The SMILES string of the molecule is COc1cc(C=Nn2c(C(C)C)nc3ccc(Br)cc3c2=O)cc(OC)c1OC(C)=O. The van der Waals surface area contributed by atoms with Gasteiger partial charge in [-0.15, -0.1) is 0 Å². The van der Waals surface area contributed by atoms with Gasteiger partial charge in [-0.05, 0) is 30.3 Å². The van der Waals surface area contributed by atoms with Gasteiger partial charge in [-0.3, -0.25) is 9.59 Å². The maximum absolute atomic E-state index is 13.1. The molecular weight excluding hydrogens is 466 g/mol. The molecule has 0 spiro atoms. The van der Waals surface area contributed by atoms with Crippen molar-refractivity contribution in [1.82, 2.24) is 9.66 Å². The van der Waals surface area contributed by atoms with Crippen LogP contribution in [0.5, 0.6) is 17.2 Å². The van der Waals surface area contributed by atoms with Crippen LogP contribution in [0.2, 0.25) is 0 Å². The van der Waals surface area contributed by atoms with Gasteiger partial charge in [0.2, 0.25) is 5.75 Å². The highest BCUT2D eigenvalue weighted by Gasteiger charge is 2.17. The minimum atomic E-state index is -0.500. The Morgan fingerprint density at radius 2 is 1.81 bits per heavy atom. The van der Waals surface area contributed by atoms with Crippen LogP contribution in [-0.4, -0.2) is 36.1 Å². The molecule has 9 heteroatoms. The third-order valence-corrected chi connectivity index (χ3v) is 4.89. The molecule has 31 heavy (non-hydrogen) atoms. The molecule has 162 valence electrons. The van der Waals surface area contributed by atoms with Crippen LogP contribution in [0.3, 0.4) is 0 Å². The Bertz CT molecular complexity index is 1210. The van der Waals surface area contributed by atoms with E-state index < -0.39 is 5.97 Å². The van der Waals surface area contributed by atoms with Gasteiger partial charge in [0.1, 0.15) is 5.82 Å². The molecule has 0 fully saturated rings. The molecule has 0 saturated carbocycles. The number of rotatable bonds is 6. The maximum atomic E-state index is 13.1. The number of nitrogens with zero attached hydrogens (tertiary/aromatic N) is 3. The zero-order valence-corrected chi connectivity index (χ0v) is 19.4. The summed E-state index contributed by atoms with van der Waals surface area (Å²) in [6, 6.07) is 8.63. The average molecular weight is 488 g/mol. The lowest BCUT2D eigenvalue weighted by Crippen LogP contribution is -2.23. The smallest absolute Gasteiger partial charge is 0.308 e. The fourth-order valence-electron chi connectivity index (χ4n) is 2.99. The second-order valence-electron chi connectivity index (χ2n) is 7.00. The summed E-state index contributed by atoms with van der Waals surface area (Å²) in [5, 5.41) is 4.86. The van der Waals surface area contributed by atoms with E-state index in [-0.39, 0.29) is 17.2 Å². The molecule has 1 aromatic heterocycles. The second kappa shape index (κ2) is 9.30. The number of hydrogen-bond donors (Lipinski definition) is 0. The van der Waals surface area contributed by atoms with E-state index in [1.165, 1.54) is 32.0 Å². The van der Waals surface area contributed by atoms with E-state index in [4.69, 9.17) is 14.2 Å². The molecule has 2 aromatic carbocycles. The minimum Gasteiger partial charge on any atom is -0.493 e. The lowest BCUT2D eigenvalue weighted by molar-refractivity contribution is -0.132. The number of methoxy groups -OCH3 is 2. The monoisotopic (exact) mass is 487 g/mol. The number of esters is 1. The molecule has 3 aromatic rings. The number of fused-ring (bicyclic) bond motifs is 1. The number of carbonyl (C=O) groups is 1. The molecular formula is C22H22BrN3O5. The summed E-state index contributed by atoms with van der Waals surface area (Å²) in [6.07, 6.45) is 1.50. The Morgan fingerprint density at radius 1 is 1.16 bits per heavy atom. The molecule has 8 nitrogen and oxygen atoms in total. The number of ether oxygens (including phenoxy) is 3. The molecule has 0 bridgehead atoms. The summed E-state index contributed by atoms with van der Waals surface area (Å²) < 4.78 is 17.9. The largest absolute Gasteiger partial charge is 0.493 e. The van der Waals surface area contributed by atoms with Crippen LogP contribution in [0.1, 0.15) is 38.1 Å². The molecule has 0 amide bonds. The predicted octanol–water partition coefficient (Wildman–Crippen LogP) is 4.11. The standard InChI is InChI=1S/C22H22BrN3O5/c1-12(2)21-25-17-7-6-15(23)10-16(17)22(28)26(21)24-11-14-8-18(29-4)20(31-13(3)27)19(9-14)30-5/h6-12H,1-5H3. The number of benzene rings is 2. The van der Waals surface area contributed by atoms with Gasteiger partial charge in [-0.2, -0.15) is 9.78 Å². The predicted molar refractivity (Wildman–Crippen MR) is 122 cm³/mol. The van der Waals surface area contributed by atoms with Crippen molar-refractivity contribution in [1.29, 1.82) is 0 Å². The van der Waals surface area contributed by atoms with E-state index in [1.807, 2.05) is 19.9 Å². The van der Waals surface area contributed by atoms with Crippen LogP contribution in [0.25, 0.3) is 10.9 Å². The summed E-state index contributed by atoms with van der Waals surface area (Å²) >= 11 is 3.39. The van der Waals surface area contributed by atoms with Crippen LogP contribution >= 0.6 is 15.9 Å². The first kappa shape index (κ1) is 22.5. The van der Waals surface area contributed by atoms with Crippen LogP contribution in [0.4, 0.5) is 0 Å². The average Bonchev–Trinajstić information content (AvgIpc) is 2.73. The summed E-state index contributed by atoms with van der Waals surface area (Å²) in [5.74, 6) is 0.771. The summed E-state index contributed by atoms with van der Waals surface area (Å²) in [4.78, 5) is 29.2. The topological polar surface area (TPSA) is 92.0 Å². The molecule has 1 heterocycles.